The molecule has 0 bridgehead atoms. The first-order chi connectivity index (χ1) is 15.1. The maximum absolute atomic E-state index is 13.3. The lowest BCUT2D eigenvalue weighted by Crippen LogP contribution is -2.54. The van der Waals surface area contributed by atoms with Gasteiger partial charge in [-0.1, -0.05) is 12.1 Å². The summed E-state index contributed by atoms with van der Waals surface area (Å²) >= 11 is 0. The molecule has 2 heterocycles. The first kappa shape index (κ1) is 25.2. The lowest BCUT2D eigenvalue weighted by atomic mass is 9.96. The molecule has 0 saturated carbocycles. The molecule has 1 fully saturated rings. The maximum Gasteiger partial charge on any atom is 0.421 e. The number of benzene rings is 1. The first-order valence-electron chi connectivity index (χ1n) is 9.74. The van der Waals surface area contributed by atoms with E-state index in [1.165, 1.54) is 24.1 Å². The summed E-state index contributed by atoms with van der Waals surface area (Å²) in [7, 11) is -4.14. The molecule has 6 nitrogen and oxygen atoms in total. The van der Waals surface area contributed by atoms with Crippen LogP contribution in [0.25, 0.3) is 0 Å². The summed E-state index contributed by atoms with van der Waals surface area (Å²) in [4.78, 5) is 4.65. The summed E-state index contributed by atoms with van der Waals surface area (Å²) in [6.07, 6.45) is -7.66. The molecule has 1 unspecified atom stereocenters. The molecule has 13 heteroatoms. The number of pyridine rings is 1. The SMILES string of the molecule is C[C@@H]1CN(c2ccncc2C(F)(F)F)CCN1S(=O)(=O)c1ccc(C(C)(O)C(F)(F)F)cc1. The van der Waals surface area contributed by atoms with E-state index in [1.807, 2.05) is 0 Å². The molecule has 1 aromatic carbocycles. The van der Waals surface area contributed by atoms with Crippen molar-refractivity contribution in [3.63, 3.8) is 0 Å². The van der Waals surface area contributed by atoms with Gasteiger partial charge in [0.25, 0.3) is 0 Å². The number of hydrogen-bond acceptors (Lipinski definition) is 5. The van der Waals surface area contributed by atoms with Gasteiger partial charge in [-0.25, -0.2) is 8.42 Å². The second kappa shape index (κ2) is 8.44. The average Bonchev–Trinajstić information content (AvgIpc) is 2.72. The van der Waals surface area contributed by atoms with Crippen LogP contribution in [0.15, 0.2) is 47.6 Å². The van der Waals surface area contributed by atoms with Gasteiger partial charge in [-0.2, -0.15) is 30.6 Å². The summed E-state index contributed by atoms with van der Waals surface area (Å²) in [5.41, 5.74) is -4.72. The highest BCUT2D eigenvalue weighted by Crippen LogP contribution is 2.39. The number of rotatable bonds is 4. The molecule has 3 rings (SSSR count). The highest BCUT2D eigenvalue weighted by molar-refractivity contribution is 7.89. The Balaban J connectivity index is 1.82. The Labute approximate surface area is 186 Å². The Kier molecular flexibility index (Phi) is 6.46. The number of hydrogen-bond donors (Lipinski definition) is 1. The minimum Gasteiger partial charge on any atom is -0.376 e. The van der Waals surface area contributed by atoms with Crippen LogP contribution in [0.4, 0.5) is 32.0 Å². The molecule has 0 aliphatic carbocycles. The standard InChI is InChI=1S/C20H21F6N3O3S/c1-13-12-28(17-7-8-27-11-16(17)19(21,22)23)9-10-29(13)33(31,32)15-5-3-14(4-6-15)18(2,30)20(24,25)26/h3-8,11,13,30H,9-10,12H2,1-2H3/t13-,18?/m1/s1. The lowest BCUT2D eigenvalue weighted by molar-refractivity contribution is -0.258. The van der Waals surface area contributed by atoms with Gasteiger partial charge in [0.1, 0.15) is 0 Å². The van der Waals surface area contributed by atoms with Crippen molar-refractivity contribution >= 4 is 15.7 Å². The van der Waals surface area contributed by atoms with Crippen molar-refractivity contribution in [3.8, 4) is 0 Å². The summed E-state index contributed by atoms with van der Waals surface area (Å²) < 4.78 is 106. The minimum atomic E-state index is -4.96. The van der Waals surface area contributed by atoms with Gasteiger partial charge in [0.15, 0.2) is 5.60 Å². The van der Waals surface area contributed by atoms with Crippen molar-refractivity contribution in [2.45, 2.75) is 42.7 Å². The average molecular weight is 497 g/mol. The second-order valence-electron chi connectivity index (χ2n) is 7.90. The number of halogens is 6. The van der Waals surface area contributed by atoms with E-state index in [-0.39, 0.29) is 30.2 Å². The molecule has 1 aromatic heterocycles. The Morgan fingerprint density at radius 3 is 2.15 bits per heavy atom. The topological polar surface area (TPSA) is 73.7 Å². The van der Waals surface area contributed by atoms with Gasteiger partial charge in [-0.3, -0.25) is 4.98 Å². The van der Waals surface area contributed by atoms with Crippen molar-refractivity contribution in [2.75, 3.05) is 24.5 Å². The minimum absolute atomic E-state index is 0.0302. The summed E-state index contributed by atoms with van der Waals surface area (Å²) in [5.74, 6) is 0. The largest absolute Gasteiger partial charge is 0.421 e. The zero-order valence-electron chi connectivity index (χ0n) is 17.5. The Morgan fingerprint density at radius 1 is 1.03 bits per heavy atom. The summed E-state index contributed by atoms with van der Waals surface area (Å²) in [6, 6.07) is 4.19. The number of piperazine rings is 1. The Hall–Kier alpha value is -2.38. The van der Waals surface area contributed by atoms with Crippen molar-refractivity contribution in [1.82, 2.24) is 9.29 Å². The highest BCUT2D eigenvalue weighted by Gasteiger charge is 2.51. The third kappa shape index (κ3) is 4.80. The second-order valence-corrected chi connectivity index (χ2v) is 9.79. The number of aliphatic hydroxyl groups is 1. The van der Waals surface area contributed by atoms with Gasteiger partial charge in [-0.15, -0.1) is 0 Å². The van der Waals surface area contributed by atoms with Gasteiger partial charge >= 0.3 is 12.4 Å². The van der Waals surface area contributed by atoms with Crippen LogP contribution in [-0.4, -0.2) is 54.7 Å². The molecule has 1 aliphatic heterocycles. The van der Waals surface area contributed by atoms with E-state index < -0.39 is 45.1 Å². The number of nitrogens with zero attached hydrogens (tertiary/aromatic N) is 3. The van der Waals surface area contributed by atoms with E-state index in [0.717, 1.165) is 28.6 Å². The number of alkyl halides is 6. The normalized spacial score (nSPS) is 20.5. The molecular weight excluding hydrogens is 476 g/mol. The monoisotopic (exact) mass is 497 g/mol. The van der Waals surface area contributed by atoms with E-state index in [4.69, 9.17) is 0 Å². The van der Waals surface area contributed by atoms with Gasteiger partial charge in [0.05, 0.1) is 16.1 Å². The quantitative estimate of drug-likeness (QED) is 0.652. The maximum atomic E-state index is 13.3. The van der Waals surface area contributed by atoms with Crippen LogP contribution in [0, 0.1) is 0 Å². The van der Waals surface area contributed by atoms with Crippen molar-refractivity contribution in [2.24, 2.45) is 0 Å². The third-order valence-electron chi connectivity index (χ3n) is 5.59. The number of sulfonamides is 1. The van der Waals surface area contributed by atoms with Crippen LogP contribution in [0.3, 0.4) is 0 Å². The lowest BCUT2D eigenvalue weighted by Gasteiger charge is -2.40. The fourth-order valence-corrected chi connectivity index (χ4v) is 5.26. The molecule has 182 valence electrons. The third-order valence-corrected chi connectivity index (χ3v) is 7.61. The molecule has 0 radical (unpaired) electrons. The van der Waals surface area contributed by atoms with Gasteiger partial charge in [0, 0.05) is 38.1 Å². The molecule has 0 spiro atoms. The van der Waals surface area contributed by atoms with Crippen LogP contribution in [0.2, 0.25) is 0 Å². The first-order valence-corrected chi connectivity index (χ1v) is 11.2. The smallest absolute Gasteiger partial charge is 0.376 e. The molecular formula is C20H21F6N3O3S. The highest BCUT2D eigenvalue weighted by atomic mass is 32.2. The Morgan fingerprint density at radius 2 is 1.64 bits per heavy atom. The van der Waals surface area contributed by atoms with Crippen molar-refractivity contribution < 1.29 is 39.9 Å². The molecule has 33 heavy (non-hydrogen) atoms. The van der Waals surface area contributed by atoms with Crippen LogP contribution in [-0.2, 0) is 21.8 Å². The van der Waals surface area contributed by atoms with E-state index in [9.17, 15) is 39.9 Å². The van der Waals surface area contributed by atoms with E-state index >= 15 is 0 Å². The number of aromatic nitrogens is 1. The molecule has 1 N–H and O–H groups in total. The molecule has 1 aliphatic rings. The Bertz CT molecular complexity index is 1100. The molecule has 1 saturated heterocycles. The van der Waals surface area contributed by atoms with Gasteiger partial charge in [-0.05, 0) is 37.6 Å². The zero-order valence-corrected chi connectivity index (χ0v) is 18.3. The molecule has 2 atom stereocenters. The number of anilines is 1. The van der Waals surface area contributed by atoms with Crippen LogP contribution in [0.5, 0.6) is 0 Å². The predicted octanol–water partition coefficient (Wildman–Crippen LogP) is 3.77. The zero-order chi connectivity index (χ0) is 24.8. The fraction of sp³-hybridized carbons (Fsp3) is 0.450. The fourth-order valence-electron chi connectivity index (χ4n) is 3.65. The van der Waals surface area contributed by atoms with E-state index in [1.54, 1.807) is 0 Å². The summed E-state index contributed by atoms with van der Waals surface area (Å²) in [6.45, 7) is 1.89. The van der Waals surface area contributed by atoms with Crippen LogP contribution >= 0.6 is 0 Å². The predicted molar refractivity (Wildman–Crippen MR) is 107 cm³/mol. The molecule has 2 aromatic rings. The van der Waals surface area contributed by atoms with Crippen LogP contribution < -0.4 is 4.90 Å². The van der Waals surface area contributed by atoms with E-state index in [0.29, 0.717) is 13.1 Å². The van der Waals surface area contributed by atoms with Crippen molar-refractivity contribution in [3.05, 3.63) is 53.9 Å². The van der Waals surface area contributed by atoms with Crippen molar-refractivity contribution in [1.29, 1.82) is 0 Å². The summed E-state index contributed by atoms with van der Waals surface area (Å²) in [5, 5.41) is 9.75. The molecule has 0 amide bonds. The van der Waals surface area contributed by atoms with Crippen LogP contribution in [0.1, 0.15) is 25.0 Å². The van der Waals surface area contributed by atoms with Gasteiger partial charge in [0.2, 0.25) is 10.0 Å². The van der Waals surface area contributed by atoms with E-state index in [2.05, 4.69) is 4.98 Å². The van der Waals surface area contributed by atoms with Gasteiger partial charge < -0.3 is 10.0 Å².